The summed E-state index contributed by atoms with van der Waals surface area (Å²) in [6.07, 6.45) is -2.81. The van der Waals surface area contributed by atoms with Crippen molar-refractivity contribution in [3.8, 4) is 5.75 Å². The third-order valence-corrected chi connectivity index (χ3v) is 1.96. The van der Waals surface area contributed by atoms with Gasteiger partial charge >= 0.3 is 6.36 Å². The molecule has 0 aliphatic rings. The topological polar surface area (TPSA) is 9.23 Å². The molecule has 82 valence electrons. The Morgan fingerprint density at radius 2 is 2.00 bits per heavy atom. The van der Waals surface area contributed by atoms with Crippen LogP contribution in [0.4, 0.5) is 13.2 Å². The van der Waals surface area contributed by atoms with Crippen LogP contribution in [-0.4, -0.2) is 6.36 Å². The predicted octanol–water partition coefficient (Wildman–Crippen LogP) is 4.01. The maximum atomic E-state index is 11.9. The summed E-state index contributed by atoms with van der Waals surface area (Å²) >= 11 is 0. The molecule has 0 unspecified atom stereocenters. The average Bonchev–Trinajstić information content (AvgIpc) is 2.14. The minimum Gasteiger partial charge on any atom is -0.406 e. The van der Waals surface area contributed by atoms with Crippen LogP contribution in [0, 0.1) is 0 Å². The van der Waals surface area contributed by atoms with Gasteiger partial charge in [0.25, 0.3) is 0 Å². The Hall–Kier alpha value is -1.45. The van der Waals surface area contributed by atoms with E-state index < -0.39 is 6.36 Å². The second-order valence-electron chi connectivity index (χ2n) is 3.05. The summed E-state index contributed by atoms with van der Waals surface area (Å²) < 4.78 is 39.6. The molecular weight excluding hydrogens is 205 g/mol. The van der Waals surface area contributed by atoms with Crippen molar-refractivity contribution in [3.63, 3.8) is 0 Å². The monoisotopic (exact) mass is 216 g/mol. The molecule has 0 saturated carbocycles. The molecule has 15 heavy (non-hydrogen) atoms. The summed E-state index contributed by atoms with van der Waals surface area (Å²) in [7, 11) is 0. The fourth-order valence-corrected chi connectivity index (χ4v) is 1.11. The molecular formula is C11H11F3O. The van der Waals surface area contributed by atoms with Gasteiger partial charge in [-0.25, -0.2) is 0 Å². The first-order chi connectivity index (χ1) is 6.92. The van der Waals surface area contributed by atoms with Gasteiger partial charge in [-0.3, -0.25) is 0 Å². The van der Waals surface area contributed by atoms with Gasteiger partial charge in [0.2, 0.25) is 0 Å². The molecule has 0 spiro atoms. The van der Waals surface area contributed by atoms with Crippen molar-refractivity contribution in [2.75, 3.05) is 0 Å². The highest BCUT2D eigenvalue weighted by atomic mass is 19.4. The molecule has 0 heterocycles. The molecule has 0 radical (unpaired) electrons. The molecule has 0 aliphatic carbocycles. The summed E-state index contributed by atoms with van der Waals surface area (Å²) in [6, 6.07) is 5.91. The predicted molar refractivity (Wildman–Crippen MR) is 52.5 cm³/mol. The van der Waals surface area contributed by atoms with Crippen LogP contribution in [-0.2, 0) is 0 Å². The van der Waals surface area contributed by atoms with Crippen LogP contribution in [0.3, 0.4) is 0 Å². The molecule has 1 aromatic carbocycles. The Balaban J connectivity index is 2.93. The Labute approximate surface area is 86.2 Å². The molecule has 1 aromatic rings. The fraction of sp³-hybridized carbons (Fsp3) is 0.273. The lowest BCUT2D eigenvalue weighted by molar-refractivity contribution is -0.274. The SMILES string of the molecule is CC=C(C)c1cccc(OC(F)(F)F)c1. The van der Waals surface area contributed by atoms with Crippen LogP contribution in [0.1, 0.15) is 19.4 Å². The number of rotatable bonds is 2. The molecule has 0 amide bonds. The highest BCUT2D eigenvalue weighted by Gasteiger charge is 2.31. The Bertz CT molecular complexity index is 366. The van der Waals surface area contributed by atoms with Crippen molar-refractivity contribution >= 4 is 5.57 Å². The molecule has 0 fully saturated rings. The Morgan fingerprint density at radius 3 is 2.53 bits per heavy atom. The van der Waals surface area contributed by atoms with E-state index in [1.54, 1.807) is 6.07 Å². The third kappa shape index (κ3) is 3.65. The molecule has 0 aromatic heterocycles. The van der Waals surface area contributed by atoms with E-state index in [9.17, 15) is 13.2 Å². The minimum absolute atomic E-state index is 0.193. The van der Waals surface area contributed by atoms with Crippen LogP contribution < -0.4 is 4.74 Å². The molecule has 0 bridgehead atoms. The number of benzene rings is 1. The largest absolute Gasteiger partial charge is 0.573 e. The zero-order chi connectivity index (χ0) is 11.5. The molecule has 1 nitrogen and oxygen atoms in total. The standard InChI is InChI=1S/C11H11F3O/c1-3-8(2)9-5-4-6-10(7-9)15-11(12,13)14/h3-7H,1-2H3. The second kappa shape index (κ2) is 4.38. The Morgan fingerprint density at radius 1 is 1.33 bits per heavy atom. The molecule has 4 heteroatoms. The molecule has 0 atom stereocenters. The summed E-state index contributed by atoms with van der Waals surface area (Å²) in [5.41, 5.74) is 1.63. The van der Waals surface area contributed by atoms with Gasteiger partial charge in [-0.2, -0.15) is 0 Å². The van der Waals surface area contributed by atoms with Crippen molar-refractivity contribution in [2.24, 2.45) is 0 Å². The van der Waals surface area contributed by atoms with Crippen molar-refractivity contribution < 1.29 is 17.9 Å². The summed E-state index contributed by atoms with van der Waals surface area (Å²) in [6.45, 7) is 3.65. The van der Waals surface area contributed by atoms with Gasteiger partial charge in [-0.05, 0) is 37.1 Å². The van der Waals surface area contributed by atoms with Crippen LogP contribution >= 0.6 is 0 Å². The highest BCUT2D eigenvalue weighted by molar-refractivity contribution is 5.64. The number of hydrogen-bond acceptors (Lipinski definition) is 1. The summed E-state index contributed by atoms with van der Waals surface area (Å²) in [5, 5.41) is 0. The van der Waals surface area contributed by atoms with E-state index in [-0.39, 0.29) is 5.75 Å². The molecule has 0 saturated heterocycles. The Kier molecular flexibility index (Phi) is 3.39. The highest BCUT2D eigenvalue weighted by Crippen LogP contribution is 2.25. The maximum Gasteiger partial charge on any atom is 0.573 e. The van der Waals surface area contributed by atoms with Crippen molar-refractivity contribution in [1.82, 2.24) is 0 Å². The summed E-state index contributed by atoms with van der Waals surface area (Å²) in [5.74, 6) is -0.193. The van der Waals surface area contributed by atoms with Gasteiger partial charge in [0.15, 0.2) is 0 Å². The lowest BCUT2D eigenvalue weighted by Crippen LogP contribution is -2.17. The number of ether oxygens (including phenoxy) is 1. The van der Waals surface area contributed by atoms with E-state index in [0.717, 1.165) is 11.1 Å². The summed E-state index contributed by atoms with van der Waals surface area (Å²) in [4.78, 5) is 0. The van der Waals surface area contributed by atoms with Crippen LogP contribution in [0.25, 0.3) is 5.57 Å². The minimum atomic E-state index is -4.64. The van der Waals surface area contributed by atoms with E-state index in [1.165, 1.54) is 18.2 Å². The lowest BCUT2D eigenvalue weighted by atomic mass is 10.1. The van der Waals surface area contributed by atoms with Gasteiger partial charge in [-0.15, -0.1) is 13.2 Å². The van der Waals surface area contributed by atoms with Gasteiger partial charge in [0.05, 0.1) is 0 Å². The maximum absolute atomic E-state index is 11.9. The average molecular weight is 216 g/mol. The van der Waals surface area contributed by atoms with E-state index in [0.29, 0.717) is 0 Å². The number of allylic oxidation sites excluding steroid dienone is 2. The van der Waals surface area contributed by atoms with Gasteiger partial charge in [0.1, 0.15) is 5.75 Å². The second-order valence-corrected chi connectivity index (χ2v) is 3.05. The van der Waals surface area contributed by atoms with Crippen LogP contribution in [0.5, 0.6) is 5.75 Å². The fourth-order valence-electron chi connectivity index (χ4n) is 1.11. The van der Waals surface area contributed by atoms with Gasteiger partial charge in [-0.1, -0.05) is 18.2 Å². The number of hydrogen-bond donors (Lipinski definition) is 0. The first-order valence-electron chi connectivity index (χ1n) is 4.41. The lowest BCUT2D eigenvalue weighted by Gasteiger charge is -2.10. The van der Waals surface area contributed by atoms with Crippen molar-refractivity contribution in [3.05, 3.63) is 35.9 Å². The van der Waals surface area contributed by atoms with E-state index in [1.807, 2.05) is 19.9 Å². The van der Waals surface area contributed by atoms with Crippen LogP contribution in [0.2, 0.25) is 0 Å². The molecule has 1 rings (SSSR count). The first-order valence-corrected chi connectivity index (χ1v) is 4.41. The quantitative estimate of drug-likeness (QED) is 0.725. The normalized spacial score (nSPS) is 12.7. The number of alkyl halides is 3. The van der Waals surface area contributed by atoms with E-state index in [4.69, 9.17) is 0 Å². The van der Waals surface area contributed by atoms with Crippen LogP contribution in [0.15, 0.2) is 30.3 Å². The third-order valence-electron chi connectivity index (χ3n) is 1.96. The number of halogens is 3. The van der Waals surface area contributed by atoms with E-state index >= 15 is 0 Å². The van der Waals surface area contributed by atoms with Gasteiger partial charge < -0.3 is 4.74 Å². The van der Waals surface area contributed by atoms with Crippen molar-refractivity contribution in [1.29, 1.82) is 0 Å². The zero-order valence-corrected chi connectivity index (χ0v) is 8.43. The molecule has 0 N–H and O–H groups in total. The smallest absolute Gasteiger partial charge is 0.406 e. The van der Waals surface area contributed by atoms with E-state index in [2.05, 4.69) is 4.74 Å². The van der Waals surface area contributed by atoms with Crippen molar-refractivity contribution in [2.45, 2.75) is 20.2 Å². The first kappa shape index (κ1) is 11.6. The van der Waals surface area contributed by atoms with Gasteiger partial charge in [0, 0.05) is 0 Å². The zero-order valence-electron chi connectivity index (χ0n) is 8.43. The molecule has 0 aliphatic heterocycles.